The maximum atomic E-state index is 12.1. The Kier molecular flexibility index (Phi) is 3.56. The number of hydrogen-bond donors (Lipinski definition) is 1. The van der Waals surface area contributed by atoms with E-state index in [0.29, 0.717) is 23.1 Å². The first-order chi connectivity index (χ1) is 8.49. The number of amides is 2. The molecular weight excluding hydrogens is 300 g/mol. The molecule has 18 heavy (non-hydrogen) atoms. The molecule has 1 aliphatic rings. The Hall–Kier alpha value is -1.56. The first-order valence-corrected chi connectivity index (χ1v) is 6.30. The van der Waals surface area contributed by atoms with Gasteiger partial charge in [0, 0.05) is 25.7 Å². The minimum atomic E-state index is -0.237. The van der Waals surface area contributed by atoms with Crippen LogP contribution in [0.25, 0.3) is 0 Å². The Bertz CT molecular complexity index is 504. The normalized spacial score (nSPS) is 16.0. The smallest absolute Gasteiger partial charge is 0.254 e. The van der Waals surface area contributed by atoms with Crippen LogP contribution in [-0.4, -0.2) is 53.4 Å². The van der Waals surface area contributed by atoms with E-state index in [1.165, 1.54) is 11.0 Å². The molecule has 1 aromatic carbocycles. The summed E-state index contributed by atoms with van der Waals surface area (Å²) in [6.45, 7) is 1.14. The van der Waals surface area contributed by atoms with E-state index in [0.717, 1.165) is 0 Å². The molecule has 96 valence electrons. The van der Waals surface area contributed by atoms with Crippen LogP contribution in [0.15, 0.2) is 22.7 Å². The highest BCUT2D eigenvalue weighted by Gasteiger charge is 2.25. The highest BCUT2D eigenvalue weighted by molar-refractivity contribution is 9.10. The molecule has 0 atom stereocenters. The van der Waals surface area contributed by atoms with E-state index in [-0.39, 0.29) is 24.1 Å². The quantitative estimate of drug-likeness (QED) is 0.844. The second-order valence-electron chi connectivity index (χ2n) is 4.21. The zero-order chi connectivity index (χ0) is 13.3. The molecule has 2 rings (SSSR count). The van der Waals surface area contributed by atoms with Crippen LogP contribution in [0.1, 0.15) is 10.4 Å². The van der Waals surface area contributed by atoms with Crippen molar-refractivity contribution in [2.24, 2.45) is 0 Å². The highest BCUT2D eigenvalue weighted by atomic mass is 79.9. The fraction of sp³-hybridized carbons (Fsp3) is 0.333. The number of aromatic hydroxyl groups is 1. The number of phenols is 1. The zero-order valence-electron chi connectivity index (χ0n) is 9.89. The summed E-state index contributed by atoms with van der Waals surface area (Å²) in [5, 5.41) is 9.55. The molecule has 0 spiro atoms. The van der Waals surface area contributed by atoms with E-state index >= 15 is 0 Å². The summed E-state index contributed by atoms with van der Waals surface area (Å²) < 4.78 is 0.536. The average Bonchev–Trinajstić information content (AvgIpc) is 2.35. The van der Waals surface area contributed by atoms with Crippen molar-refractivity contribution in [2.75, 3.05) is 26.7 Å². The topological polar surface area (TPSA) is 60.9 Å². The van der Waals surface area contributed by atoms with Gasteiger partial charge in [0.1, 0.15) is 12.3 Å². The molecule has 0 radical (unpaired) electrons. The van der Waals surface area contributed by atoms with E-state index in [9.17, 15) is 14.7 Å². The Balaban J connectivity index is 2.16. The fourth-order valence-corrected chi connectivity index (χ4v) is 2.01. The number of nitrogens with zero attached hydrogens (tertiary/aromatic N) is 2. The second-order valence-corrected chi connectivity index (χ2v) is 5.06. The summed E-state index contributed by atoms with van der Waals surface area (Å²) in [4.78, 5) is 26.8. The van der Waals surface area contributed by atoms with Crippen molar-refractivity contribution in [3.8, 4) is 5.75 Å². The third kappa shape index (κ3) is 2.48. The predicted molar refractivity (Wildman–Crippen MR) is 69.3 cm³/mol. The third-order valence-electron chi connectivity index (χ3n) is 2.94. The molecule has 0 saturated carbocycles. The van der Waals surface area contributed by atoms with Crippen molar-refractivity contribution in [3.63, 3.8) is 0 Å². The van der Waals surface area contributed by atoms with Gasteiger partial charge in [-0.1, -0.05) is 0 Å². The predicted octanol–water partition coefficient (Wildman–Crippen LogP) is 1.07. The molecule has 0 bridgehead atoms. The van der Waals surface area contributed by atoms with Crippen LogP contribution in [0.5, 0.6) is 5.75 Å². The number of benzene rings is 1. The van der Waals surface area contributed by atoms with Crippen LogP contribution >= 0.6 is 15.9 Å². The van der Waals surface area contributed by atoms with Crippen molar-refractivity contribution in [1.82, 2.24) is 9.80 Å². The van der Waals surface area contributed by atoms with Gasteiger partial charge in [0.15, 0.2) is 0 Å². The number of piperazine rings is 1. The van der Waals surface area contributed by atoms with Crippen molar-refractivity contribution in [2.45, 2.75) is 0 Å². The van der Waals surface area contributed by atoms with E-state index in [1.54, 1.807) is 24.1 Å². The number of carbonyl (C=O) groups is 2. The standard InChI is InChI=1S/C12H13BrN2O3/c1-14-4-5-15(7-11(14)17)12(18)8-2-3-9(13)10(16)6-8/h2-3,6,16H,4-5,7H2,1H3. The number of hydrogen-bond acceptors (Lipinski definition) is 3. The van der Waals surface area contributed by atoms with Crippen LogP contribution in [-0.2, 0) is 4.79 Å². The summed E-state index contributed by atoms with van der Waals surface area (Å²) in [7, 11) is 1.72. The van der Waals surface area contributed by atoms with Crippen molar-refractivity contribution >= 4 is 27.7 Å². The van der Waals surface area contributed by atoms with Crippen LogP contribution in [0, 0.1) is 0 Å². The molecule has 0 aliphatic carbocycles. The Labute approximate surface area is 113 Å². The fourth-order valence-electron chi connectivity index (χ4n) is 1.76. The van der Waals surface area contributed by atoms with Gasteiger partial charge in [-0.15, -0.1) is 0 Å². The maximum Gasteiger partial charge on any atom is 0.254 e. The monoisotopic (exact) mass is 312 g/mol. The maximum absolute atomic E-state index is 12.1. The molecule has 1 aromatic rings. The average molecular weight is 313 g/mol. The summed E-state index contributed by atoms with van der Waals surface area (Å²) in [5.74, 6) is -0.295. The van der Waals surface area contributed by atoms with Gasteiger partial charge in [0.2, 0.25) is 5.91 Å². The summed E-state index contributed by atoms with van der Waals surface area (Å²) in [6, 6.07) is 4.63. The van der Waals surface area contributed by atoms with Gasteiger partial charge in [-0.05, 0) is 34.1 Å². The lowest BCUT2D eigenvalue weighted by Crippen LogP contribution is -2.50. The molecule has 5 nitrogen and oxygen atoms in total. The van der Waals surface area contributed by atoms with Gasteiger partial charge < -0.3 is 14.9 Å². The van der Waals surface area contributed by atoms with Gasteiger partial charge in [0.25, 0.3) is 5.91 Å². The Morgan fingerprint density at radius 2 is 2.11 bits per heavy atom. The minimum Gasteiger partial charge on any atom is -0.507 e. The number of phenolic OH excluding ortho intramolecular Hbond substituents is 1. The SMILES string of the molecule is CN1CCN(C(=O)c2ccc(Br)c(O)c2)CC1=O. The van der Waals surface area contributed by atoms with Gasteiger partial charge >= 0.3 is 0 Å². The Morgan fingerprint density at radius 1 is 1.39 bits per heavy atom. The van der Waals surface area contributed by atoms with E-state index in [1.807, 2.05) is 0 Å². The Morgan fingerprint density at radius 3 is 2.72 bits per heavy atom. The second kappa shape index (κ2) is 4.97. The molecule has 1 saturated heterocycles. The first-order valence-electron chi connectivity index (χ1n) is 5.51. The molecule has 0 aromatic heterocycles. The third-order valence-corrected chi connectivity index (χ3v) is 3.61. The van der Waals surface area contributed by atoms with Crippen LogP contribution in [0.2, 0.25) is 0 Å². The van der Waals surface area contributed by atoms with Gasteiger partial charge in [0.05, 0.1) is 4.47 Å². The van der Waals surface area contributed by atoms with Gasteiger partial charge in [-0.25, -0.2) is 0 Å². The van der Waals surface area contributed by atoms with Crippen molar-refractivity contribution in [1.29, 1.82) is 0 Å². The molecular formula is C12H13BrN2O3. The number of carbonyl (C=O) groups excluding carboxylic acids is 2. The first kappa shape index (κ1) is 12.9. The molecule has 1 fully saturated rings. The molecule has 1 heterocycles. The molecule has 0 unspecified atom stereocenters. The lowest BCUT2D eigenvalue weighted by Gasteiger charge is -2.32. The largest absolute Gasteiger partial charge is 0.507 e. The van der Waals surface area contributed by atoms with Gasteiger partial charge in [-0.2, -0.15) is 0 Å². The van der Waals surface area contributed by atoms with Crippen LogP contribution in [0.4, 0.5) is 0 Å². The summed E-state index contributed by atoms with van der Waals surface area (Å²) >= 11 is 3.16. The summed E-state index contributed by atoms with van der Waals surface area (Å²) in [6.07, 6.45) is 0. The van der Waals surface area contributed by atoms with E-state index < -0.39 is 0 Å². The van der Waals surface area contributed by atoms with E-state index in [2.05, 4.69) is 15.9 Å². The van der Waals surface area contributed by atoms with E-state index in [4.69, 9.17) is 0 Å². The van der Waals surface area contributed by atoms with Crippen molar-refractivity contribution < 1.29 is 14.7 Å². The number of likely N-dealkylation sites (N-methyl/N-ethyl adjacent to an activating group) is 1. The van der Waals surface area contributed by atoms with Crippen molar-refractivity contribution in [3.05, 3.63) is 28.2 Å². The number of rotatable bonds is 1. The molecule has 2 amide bonds. The van der Waals surface area contributed by atoms with Crippen LogP contribution < -0.4 is 0 Å². The van der Waals surface area contributed by atoms with Gasteiger partial charge in [-0.3, -0.25) is 9.59 Å². The molecule has 1 aliphatic heterocycles. The highest BCUT2D eigenvalue weighted by Crippen LogP contribution is 2.25. The summed E-state index contributed by atoms with van der Waals surface area (Å²) in [5.41, 5.74) is 0.382. The molecule has 1 N–H and O–H groups in total. The minimum absolute atomic E-state index is 0.0151. The van der Waals surface area contributed by atoms with Crippen LogP contribution in [0.3, 0.4) is 0 Å². The number of halogens is 1. The molecule has 6 heteroatoms. The lowest BCUT2D eigenvalue weighted by atomic mass is 10.1. The zero-order valence-corrected chi connectivity index (χ0v) is 11.5. The lowest BCUT2D eigenvalue weighted by molar-refractivity contribution is -0.133.